The number of sulfonamides is 1. The molecule has 1 atom stereocenters. The summed E-state index contributed by atoms with van der Waals surface area (Å²) in [6, 6.07) is 1.67. The predicted octanol–water partition coefficient (Wildman–Crippen LogP) is 2.78. The van der Waals surface area contributed by atoms with Crippen LogP contribution in [0.4, 0.5) is 13.2 Å². The van der Waals surface area contributed by atoms with E-state index in [1.165, 1.54) is 4.31 Å². The molecule has 1 fully saturated rings. The second-order valence-corrected chi connectivity index (χ2v) is 8.46. The van der Waals surface area contributed by atoms with Gasteiger partial charge in [0.25, 0.3) is 0 Å². The number of nitrogens with zero attached hydrogens (tertiary/aromatic N) is 4. The van der Waals surface area contributed by atoms with Gasteiger partial charge in [0.05, 0.1) is 23.5 Å². The lowest BCUT2D eigenvalue weighted by Gasteiger charge is -2.17. The first-order valence-corrected chi connectivity index (χ1v) is 10.2. The van der Waals surface area contributed by atoms with E-state index in [1.54, 1.807) is 18.5 Å². The van der Waals surface area contributed by atoms with Gasteiger partial charge in [0.2, 0.25) is 15.9 Å². The lowest BCUT2D eigenvalue weighted by molar-refractivity contribution is -0.137. The van der Waals surface area contributed by atoms with Crippen LogP contribution in [0.5, 0.6) is 5.88 Å². The largest absolute Gasteiger partial charge is 0.473 e. The zero-order valence-corrected chi connectivity index (χ0v) is 16.5. The van der Waals surface area contributed by atoms with Gasteiger partial charge in [-0.1, -0.05) is 0 Å². The Morgan fingerprint density at radius 1 is 1.32 bits per heavy atom. The van der Waals surface area contributed by atoms with Gasteiger partial charge >= 0.3 is 6.18 Å². The van der Waals surface area contributed by atoms with E-state index in [2.05, 4.69) is 10.1 Å². The molecule has 0 N–H and O–H groups in total. The molecule has 11 heteroatoms. The van der Waals surface area contributed by atoms with Gasteiger partial charge < -0.3 is 4.74 Å². The highest BCUT2D eigenvalue weighted by molar-refractivity contribution is 7.89. The Balaban J connectivity index is 1.76. The zero-order valence-electron chi connectivity index (χ0n) is 15.7. The van der Waals surface area contributed by atoms with Crippen LogP contribution in [0.15, 0.2) is 23.2 Å². The van der Waals surface area contributed by atoms with Gasteiger partial charge in [-0.05, 0) is 33.3 Å². The van der Waals surface area contributed by atoms with E-state index in [1.807, 2.05) is 6.92 Å². The van der Waals surface area contributed by atoms with Gasteiger partial charge in [0, 0.05) is 25.4 Å². The quantitative estimate of drug-likeness (QED) is 0.746. The van der Waals surface area contributed by atoms with Crippen LogP contribution in [0.25, 0.3) is 0 Å². The molecule has 0 spiro atoms. The first-order valence-electron chi connectivity index (χ1n) is 8.78. The third-order valence-corrected chi connectivity index (χ3v) is 6.79. The van der Waals surface area contributed by atoms with Crippen molar-refractivity contribution < 1.29 is 26.3 Å². The van der Waals surface area contributed by atoms with Gasteiger partial charge in [0.15, 0.2) is 0 Å². The predicted molar refractivity (Wildman–Crippen MR) is 94.4 cm³/mol. The molecule has 2 aromatic rings. The summed E-state index contributed by atoms with van der Waals surface area (Å²) >= 11 is 0. The average Bonchev–Trinajstić information content (AvgIpc) is 3.19. The van der Waals surface area contributed by atoms with Crippen molar-refractivity contribution in [2.75, 3.05) is 13.1 Å². The number of hydrogen-bond donors (Lipinski definition) is 0. The minimum absolute atomic E-state index is 0.0381. The summed E-state index contributed by atoms with van der Waals surface area (Å²) in [4.78, 5) is 3.97. The Labute approximate surface area is 161 Å². The zero-order chi connectivity index (χ0) is 20.7. The lowest BCUT2D eigenvalue weighted by Crippen LogP contribution is -2.31. The molecule has 0 amide bonds. The minimum atomic E-state index is -4.50. The van der Waals surface area contributed by atoms with Crippen molar-refractivity contribution in [3.05, 3.63) is 35.3 Å². The first kappa shape index (κ1) is 20.6. The number of alkyl halides is 3. The van der Waals surface area contributed by atoms with Crippen LogP contribution in [-0.4, -0.2) is 46.7 Å². The Hall–Kier alpha value is -2.14. The van der Waals surface area contributed by atoms with Crippen LogP contribution in [0.3, 0.4) is 0 Å². The Morgan fingerprint density at radius 2 is 2.04 bits per heavy atom. The van der Waals surface area contributed by atoms with Crippen LogP contribution in [0, 0.1) is 13.8 Å². The first-order chi connectivity index (χ1) is 13.0. The van der Waals surface area contributed by atoms with E-state index >= 15 is 0 Å². The topological polar surface area (TPSA) is 77.3 Å². The number of rotatable bonds is 5. The van der Waals surface area contributed by atoms with E-state index in [0.717, 1.165) is 18.3 Å². The van der Waals surface area contributed by atoms with Crippen molar-refractivity contribution in [2.24, 2.45) is 0 Å². The fraction of sp³-hybridized carbons (Fsp3) is 0.529. The van der Waals surface area contributed by atoms with Crippen molar-refractivity contribution >= 4 is 10.0 Å². The number of aryl methyl sites for hydroxylation is 2. The molecule has 28 heavy (non-hydrogen) atoms. The number of hydrogen-bond acceptors (Lipinski definition) is 5. The normalized spacial score (nSPS) is 18.6. The molecule has 0 radical (unpaired) electrons. The molecular formula is C17H21F3N4O3S. The maximum absolute atomic E-state index is 13.0. The molecule has 0 bridgehead atoms. The van der Waals surface area contributed by atoms with E-state index in [4.69, 9.17) is 4.74 Å². The monoisotopic (exact) mass is 418 g/mol. The van der Waals surface area contributed by atoms with Crippen molar-refractivity contribution in [2.45, 2.75) is 50.9 Å². The van der Waals surface area contributed by atoms with Gasteiger partial charge in [0.1, 0.15) is 11.0 Å². The molecule has 3 rings (SSSR count). The number of ether oxygens (including phenoxy) is 1. The Kier molecular flexibility index (Phi) is 5.41. The second kappa shape index (κ2) is 7.36. The SMILES string of the molecule is CCn1nc(C)c(S(=O)(=O)N2CCC(Oc3cc(C(F)(F)F)ccn3)C2)c1C. The summed E-state index contributed by atoms with van der Waals surface area (Å²) in [5.74, 6) is -0.176. The molecule has 154 valence electrons. The maximum atomic E-state index is 13.0. The van der Waals surface area contributed by atoms with Crippen molar-refractivity contribution in [3.63, 3.8) is 0 Å². The van der Waals surface area contributed by atoms with Gasteiger partial charge in [-0.15, -0.1) is 0 Å². The third-order valence-electron chi connectivity index (χ3n) is 4.67. The summed E-state index contributed by atoms with van der Waals surface area (Å²) in [6.07, 6.45) is -3.70. The Bertz CT molecular complexity index is 973. The summed E-state index contributed by atoms with van der Waals surface area (Å²) in [7, 11) is -3.78. The van der Waals surface area contributed by atoms with Crippen molar-refractivity contribution in [1.82, 2.24) is 19.1 Å². The molecule has 1 aliphatic rings. The number of aromatic nitrogens is 3. The fourth-order valence-corrected chi connectivity index (χ4v) is 5.18. The molecule has 0 aliphatic carbocycles. The molecule has 7 nitrogen and oxygen atoms in total. The molecular weight excluding hydrogens is 397 g/mol. The number of pyridine rings is 1. The molecule has 1 unspecified atom stereocenters. The molecule has 3 heterocycles. The van der Waals surface area contributed by atoms with E-state index in [9.17, 15) is 21.6 Å². The van der Waals surface area contributed by atoms with E-state index in [0.29, 0.717) is 24.4 Å². The standard InChI is InChI=1S/C17H21F3N4O3S/c1-4-24-12(3)16(11(2)22-24)28(25,26)23-8-6-14(10-23)27-15-9-13(5-7-21-15)17(18,19)20/h5,7,9,14H,4,6,8,10H2,1-3H3. The highest BCUT2D eigenvalue weighted by Crippen LogP contribution is 2.32. The highest BCUT2D eigenvalue weighted by atomic mass is 32.2. The summed E-state index contributed by atoms with van der Waals surface area (Å²) in [5.41, 5.74) is 0.116. The molecule has 0 aromatic carbocycles. The summed E-state index contributed by atoms with van der Waals surface area (Å²) < 4.78 is 73.0. The van der Waals surface area contributed by atoms with Crippen molar-refractivity contribution in [3.8, 4) is 5.88 Å². The summed E-state index contributed by atoms with van der Waals surface area (Å²) in [6.45, 7) is 6.01. The van der Waals surface area contributed by atoms with Crippen LogP contribution in [0.2, 0.25) is 0 Å². The maximum Gasteiger partial charge on any atom is 0.416 e. The molecule has 2 aromatic heterocycles. The van der Waals surface area contributed by atoms with Gasteiger partial charge in [-0.25, -0.2) is 13.4 Å². The molecule has 1 aliphatic heterocycles. The van der Waals surface area contributed by atoms with E-state index in [-0.39, 0.29) is 23.9 Å². The number of halogens is 3. The second-order valence-electron chi connectivity index (χ2n) is 6.59. The van der Waals surface area contributed by atoms with Crippen LogP contribution in [-0.2, 0) is 22.7 Å². The Morgan fingerprint density at radius 3 is 2.64 bits per heavy atom. The smallest absolute Gasteiger partial charge is 0.416 e. The van der Waals surface area contributed by atoms with Gasteiger partial charge in [-0.2, -0.15) is 22.6 Å². The fourth-order valence-electron chi connectivity index (χ4n) is 3.32. The van der Waals surface area contributed by atoms with Crippen LogP contribution in [0.1, 0.15) is 30.3 Å². The highest BCUT2D eigenvalue weighted by Gasteiger charge is 2.37. The average molecular weight is 418 g/mol. The minimum Gasteiger partial charge on any atom is -0.473 e. The third kappa shape index (κ3) is 3.86. The van der Waals surface area contributed by atoms with Crippen LogP contribution >= 0.6 is 0 Å². The van der Waals surface area contributed by atoms with Gasteiger partial charge in [-0.3, -0.25) is 4.68 Å². The van der Waals surface area contributed by atoms with Crippen molar-refractivity contribution in [1.29, 1.82) is 0 Å². The summed E-state index contributed by atoms with van der Waals surface area (Å²) in [5, 5.41) is 4.25. The van der Waals surface area contributed by atoms with E-state index < -0.39 is 27.9 Å². The lowest BCUT2D eigenvalue weighted by atomic mass is 10.2. The molecule has 1 saturated heterocycles. The molecule has 0 saturated carbocycles. The van der Waals surface area contributed by atoms with Crippen LogP contribution < -0.4 is 4.74 Å².